The first kappa shape index (κ1) is 41.4. The molecule has 0 fully saturated rings. The van der Waals surface area contributed by atoms with Gasteiger partial charge < -0.3 is 14.8 Å². The van der Waals surface area contributed by atoms with E-state index in [4.69, 9.17) is 15.9 Å². The van der Waals surface area contributed by atoms with Crippen molar-refractivity contribution in [3.63, 3.8) is 0 Å². The van der Waals surface area contributed by atoms with Gasteiger partial charge in [-0.2, -0.15) is 0 Å². The summed E-state index contributed by atoms with van der Waals surface area (Å²) >= 11 is 0. The number of nitrogens with one attached hydrogen (secondary N) is 2. The van der Waals surface area contributed by atoms with E-state index in [9.17, 15) is 22.8 Å². The summed E-state index contributed by atoms with van der Waals surface area (Å²) in [6.45, 7) is 6.36. The number of sulfonamides is 1. The van der Waals surface area contributed by atoms with Crippen molar-refractivity contribution < 1.29 is 32.3 Å². The lowest BCUT2D eigenvalue weighted by Crippen LogP contribution is -2.38. The van der Waals surface area contributed by atoms with Gasteiger partial charge in [-0.05, 0) is 71.8 Å². The average molecular weight is 748 g/mol. The number of hydrogen-bond donors (Lipinski definition) is 2. The van der Waals surface area contributed by atoms with E-state index in [1.807, 2.05) is 10.8 Å². The predicted octanol–water partition coefficient (Wildman–Crippen LogP) is 3.63. The second kappa shape index (κ2) is 20.7. The number of nitrogens with zero attached hydrogens (tertiary/aromatic N) is 3. The molecule has 3 aromatic rings. The topological polar surface area (TPSA) is 158 Å². The highest BCUT2D eigenvalue weighted by Crippen LogP contribution is 2.32. The van der Waals surface area contributed by atoms with Crippen LogP contribution in [0.2, 0.25) is 0 Å². The highest BCUT2D eigenvalue weighted by atomic mass is 32.2. The van der Waals surface area contributed by atoms with E-state index in [0.29, 0.717) is 5.69 Å². The molecule has 1 heterocycles. The number of anilines is 1. The molecule has 2 aromatic carbocycles. The van der Waals surface area contributed by atoms with Crippen molar-refractivity contribution in [2.45, 2.75) is 45.1 Å². The largest absolute Gasteiger partial charge is 0.413 e. The Kier molecular flexibility index (Phi) is 15.6. The average Bonchev–Trinajstić information content (AvgIpc) is 3.61. The van der Waals surface area contributed by atoms with Crippen molar-refractivity contribution in [2.75, 3.05) is 5.32 Å². The van der Waals surface area contributed by atoms with Crippen LogP contribution in [-0.4, -0.2) is 42.0 Å². The Morgan fingerprint density at radius 3 is 2.09 bits per heavy atom. The zero-order valence-electron chi connectivity index (χ0n) is 29.8. The molecule has 270 valence electrons. The van der Waals surface area contributed by atoms with Crippen LogP contribution in [0.4, 0.5) is 11.4 Å². The Bertz CT molecular complexity index is 2600. The summed E-state index contributed by atoms with van der Waals surface area (Å²) < 4.78 is 40.2. The van der Waals surface area contributed by atoms with E-state index in [2.05, 4.69) is 104 Å². The monoisotopic (exact) mass is 747 g/mol. The molecule has 2 N–H and O–H groups in total. The molecule has 0 bridgehead atoms. The number of ether oxygens (including phenoxy) is 2. The number of benzene rings is 2. The minimum Gasteiger partial charge on any atom is -0.413 e. The summed E-state index contributed by atoms with van der Waals surface area (Å²) in [7, 11) is -4.37. The van der Waals surface area contributed by atoms with Crippen molar-refractivity contribution >= 4 is 45.4 Å². The first-order valence-electron chi connectivity index (χ1n) is 15.8. The standard InChI is InChI=1S/C42H29N5O7S/c1-6-8-9-10-11-12-13-14-15-16-17-18-19-23-30-53-36-27-26-34(55(51,52)46-37(48)7-2)31-35(36)45-40(50)38(39(49)42(3,4)5)47-29-28-43-41(47)54-32-44-33-24-21-20-22-25-33/h1,20-22,24-29,31-32,38H,7H2,2-5H3,(H,45,50)(H,46,48). The van der Waals surface area contributed by atoms with E-state index in [0.717, 1.165) is 18.5 Å². The third-order valence-corrected chi connectivity index (χ3v) is 7.76. The van der Waals surface area contributed by atoms with Gasteiger partial charge in [0, 0.05) is 65.7 Å². The van der Waals surface area contributed by atoms with Crippen molar-refractivity contribution in [2.24, 2.45) is 10.4 Å². The summed E-state index contributed by atoms with van der Waals surface area (Å²) in [5.41, 5.74) is -0.666. The lowest BCUT2D eigenvalue weighted by Gasteiger charge is -2.25. The molecule has 12 nitrogen and oxygen atoms in total. The molecule has 13 heteroatoms. The molecule has 1 atom stereocenters. The number of carbonyl (C=O) groups is 3. The van der Waals surface area contributed by atoms with Crippen LogP contribution in [0.5, 0.6) is 11.8 Å². The Morgan fingerprint density at radius 2 is 1.51 bits per heavy atom. The summed E-state index contributed by atoms with van der Waals surface area (Å²) in [5.74, 6) is 31.4. The third kappa shape index (κ3) is 13.6. The molecule has 1 unspecified atom stereocenters. The molecule has 0 aliphatic heterocycles. The first-order valence-corrected chi connectivity index (χ1v) is 17.3. The molecule has 0 spiro atoms. The van der Waals surface area contributed by atoms with Gasteiger partial charge in [0.1, 0.15) is 6.11 Å². The van der Waals surface area contributed by atoms with Crippen LogP contribution in [-0.2, 0) is 24.4 Å². The number of terminal acetylenes is 1. The summed E-state index contributed by atoms with van der Waals surface area (Å²) in [4.78, 5) is 47.7. The molecule has 2 amide bonds. The molecule has 3 rings (SSSR count). The van der Waals surface area contributed by atoms with Gasteiger partial charge in [0.2, 0.25) is 5.91 Å². The van der Waals surface area contributed by atoms with Crippen LogP contribution in [0.25, 0.3) is 0 Å². The van der Waals surface area contributed by atoms with Gasteiger partial charge >= 0.3 is 6.01 Å². The van der Waals surface area contributed by atoms with Gasteiger partial charge in [0.15, 0.2) is 24.0 Å². The van der Waals surface area contributed by atoms with Gasteiger partial charge in [-0.25, -0.2) is 23.1 Å². The molecule has 55 heavy (non-hydrogen) atoms. The highest BCUT2D eigenvalue weighted by molar-refractivity contribution is 7.90. The molecule has 0 saturated heterocycles. The SMILES string of the molecule is C#CC#CC#CC#CC#CC#CC#CC#COc1ccc(S(=O)(=O)NC(=O)CC)cc1NC(=O)C(C(=O)C(C)(C)C)n1ccnc1OC=Nc1ccccc1. The molecular formula is C42H29N5O7S. The Balaban J connectivity index is 1.94. The zero-order valence-corrected chi connectivity index (χ0v) is 30.6. The number of aliphatic imine (C=N–C) groups is 1. The first-order chi connectivity index (χ1) is 26.4. The molecule has 0 aliphatic rings. The van der Waals surface area contributed by atoms with Crippen LogP contribution in [0.1, 0.15) is 40.2 Å². The predicted molar refractivity (Wildman–Crippen MR) is 206 cm³/mol. The van der Waals surface area contributed by atoms with Crippen molar-refractivity contribution in [3.05, 3.63) is 60.9 Å². The fourth-order valence-electron chi connectivity index (χ4n) is 3.85. The van der Waals surface area contributed by atoms with Crippen LogP contribution < -0.4 is 19.5 Å². The van der Waals surface area contributed by atoms with Gasteiger partial charge in [0.05, 0.1) is 16.3 Å². The second-order valence-corrected chi connectivity index (χ2v) is 13.0. The fraction of sp³-hybridized carbons (Fsp3) is 0.167. The maximum atomic E-state index is 14.0. The number of hydrogen-bond acceptors (Lipinski definition) is 9. The number of carbonyl (C=O) groups excluding carboxylic acids is 3. The third-order valence-electron chi connectivity index (χ3n) is 6.39. The number of para-hydroxylation sites is 1. The highest BCUT2D eigenvalue weighted by Gasteiger charge is 2.38. The Hall–Kier alpha value is -8.04. The maximum Gasteiger partial charge on any atom is 0.303 e. The van der Waals surface area contributed by atoms with E-state index in [1.54, 1.807) is 45.0 Å². The second-order valence-electron chi connectivity index (χ2n) is 11.3. The minimum atomic E-state index is -4.37. The molecular weight excluding hydrogens is 719 g/mol. The number of rotatable bonds is 11. The molecule has 0 radical (unpaired) electrons. The molecule has 0 saturated carbocycles. The Morgan fingerprint density at radius 1 is 0.909 bits per heavy atom. The van der Waals surface area contributed by atoms with Gasteiger partial charge in [-0.1, -0.05) is 45.9 Å². The summed E-state index contributed by atoms with van der Waals surface area (Å²) in [5, 5.41) is 2.57. The van der Waals surface area contributed by atoms with Crippen molar-refractivity contribution in [3.8, 4) is 107 Å². The normalized spacial score (nSPS) is 10.2. The van der Waals surface area contributed by atoms with E-state index < -0.39 is 44.0 Å². The Labute approximate surface area is 319 Å². The smallest absolute Gasteiger partial charge is 0.303 e. The van der Waals surface area contributed by atoms with E-state index >= 15 is 0 Å². The zero-order chi connectivity index (χ0) is 40.1. The van der Waals surface area contributed by atoms with Crippen molar-refractivity contribution in [1.82, 2.24) is 14.3 Å². The number of imidazole rings is 1. The van der Waals surface area contributed by atoms with Crippen LogP contribution in [0.3, 0.4) is 0 Å². The number of amides is 2. The quantitative estimate of drug-likeness (QED) is 0.130. The van der Waals surface area contributed by atoms with E-state index in [-0.39, 0.29) is 23.9 Å². The van der Waals surface area contributed by atoms with Gasteiger partial charge in [0.25, 0.3) is 15.9 Å². The van der Waals surface area contributed by atoms with Gasteiger partial charge in [-0.3, -0.25) is 19.0 Å². The van der Waals surface area contributed by atoms with Crippen LogP contribution in [0, 0.1) is 101 Å². The van der Waals surface area contributed by atoms with Crippen molar-refractivity contribution in [1.29, 1.82) is 0 Å². The molecule has 1 aromatic heterocycles. The minimum absolute atomic E-state index is 0.104. The number of ketones is 1. The van der Waals surface area contributed by atoms with Gasteiger partial charge in [-0.15, -0.1) is 6.42 Å². The maximum absolute atomic E-state index is 14.0. The lowest BCUT2D eigenvalue weighted by atomic mass is 9.86. The van der Waals surface area contributed by atoms with E-state index in [1.165, 1.54) is 30.0 Å². The number of aromatic nitrogens is 2. The molecule has 0 aliphatic carbocycles. The van der Waals surface area contributed by atoms with Crippen LogP contribution in [0.15, 0.2) is 70.8 Å². The fourth-order valence-corrected chi connectivity index (χ4v) is 4.93. The number of Topliss-reactive ketones (excluding diaryl/α,β-unsaturated/α-hetero) is 1. The summed E-state index contributed by atoms with van der Waals surface area (Å²) in [6.07, 6.45) is 11.0. The lowest BCUT2D eigenvalue weighted by molar-refractivity contribution is -0.135. The van der Waals surface area contributed by atoms with Crippen LogP contribution >= 0.6 is 0 Å². The summed E-state index contributed by atoms with van der Waals surface area (Å²) in [6, 6.07) is 10.6.